The molecule has 1 aromatic rings. The number of hydrogen-bond donors (Lipinski definition) is 1. The van der Waals surface area contributed by atoms with Crippen molar-refractivity contribution in [2.75, 3.05) is 0 Å². The monoisotopic (exact) mass is 334 g/mol. The zero-order valence-electron chi connectivity index (χ0n) is 14.6. The lowest BCUT2D eigenvalue weighted by Crippen LogP contribution is -2.48. The number of hydrogen-bond acceptors (Lipinski definition) is 4. The van der Waals surface area contributed by atoms with Crippen molar-refractivity contribution in [3.63, 3.8) is 0 Å². The number of rotatable bonds is 4. The first-order valence-corrected chi connectivity index (χ1v) is 8.86. The first-order chi connectivity index (χ1) is 11.4. The van der Waals surface area contributed by atoms with E-state index in [1.165, 1.54) is 0 Å². The summed E-state index contributed by atoms with van der Waals surface area (Å²) in [6, 6.07) is -0.572. The van der Waals surface area contributed by atoms with Crippen molar-refractivity contribution in [3.05, 3.63) is 17.0 Å². The van der Waals surface area contributed by atoms with Gasteiger partial charge in [0, 0.05) is 17.5 Å². The van der Waals surface area contributed by atoms with Crippen molar-refractivity contribution in [2.24, 2.45) is 11.8 Å². The highest BCUT2D eigenvalue weighted by molar-refractivity contribution is 5.86. The van der Waals surface area contributed by atoms with Gasteiger partial charge in [0.2, 0.25) is 5.91 Å². The van der Waals surface area contributed by atoms with Crippen molar-refractivity contribution in [1.29, 1.82) is 0 Å². The highest BCUT2D eigenvalue weighted by atomic mass is 16.5. The second-order valence-electron chi connectivity index (χ2n) is 7.36. The van der Waals surface area contributed by atoms with E-state index in [0.29, 0.717) is 18.8 Å². The molecule has 1 amide bonds. The second-order valence-corrected chi connectivity index (χ2v) is 7.36. The molecule has 1 saturated carbocycles. The molecule has 3 rings (SSSR count). The van der Waals surface area contributed by atoms with Crippen molar-refractivity contribution >= 4 is 11.9 Å². The van der Waals surface area contributed by atoms with Crippen molar-refractivity contribution in [1.82, 2.24) is 10.1 Å². The minimum absolute atomic E-state index is 0.0446. The van der Waals surface area contributed by atoms with Gasteiger partial charge in [-0.1, -0.05) is 24.9 Å². The van der Waals surface area contributed by atoms with Gasteiger partial charge in [-0.3, -0.25) is 4.79 Å². The van der Waals surface area contributed by atoms with Gasteiger partial charge in [0.05, 0.1) is 5.69 Å². The van der Waals surface area contributed by atoms with E-state index < -0.39 is 12.0 Å². The van der Waals surface area contributed by atoms with Gasteiger partial charge in [-0.2, -0.15) is 0 Å². The molecule has 24 heavy (non-hydrogen) atoms. The van der Waals surface area contributed by atoms with Crippen LogP contribution in [0, 0.1) is 25.7 Å². The van der Waals surface area contributed by atoms with Crippen LogP contribution >= 0.6 is 0 Å². The second kappa shape index (κ2) is 6.57. The van der Waals surface area contributed by atoms with Crippen LogP contribution in [0.25, 0.3) is 0 Å². The summed E-state index contributed by atoms with van der Waals surface area (Å²) in [6.07, 6.45) is 5.33. The number of fused-ring (bicyclic) bond motifs is 1. The van der Waals surface area contributed by atoms with E-state index in [1.54, 1.807) is 4.90 Å². The Hall–Kier alpha value is -1.85. The Bertz CT molecular complexity index is 619. The molecule has 0 bridgehead atoms. The molecule has 1 saturated heterocycles. The van der Waals surface area contributed by atoms with Crippen LogP contribution in [0.2, 0.25) is 0 Å². The van der Waals surface area contributed by atoms with Crippen LogP contribution in [0.15, 0.2) is 4.52 Å². The van der Waals surface area contributed by atoms with E-state index in [2.05, 4.69) is 5.16 Å². The Morgan fingerprint density at radius 2 is 2.04 bits per heavy atom. The number of aliphatic carboxylic acids is 1. The normalized spacial score (nSPS) is 27.8. The van der Waals surface area contributed by atoms with Gasteiger partial charge >= 0.3 is 5.97 Å². The third-order valence-electron chi connectivity index (χ3n) is 5.74. The van der Waals surface area contributed by atoms with Crippen molar-refractivity contribution in [3.8, 4) is 0 Å². The molecule has 1 aliphatic carbocycles. The number of aryl methyl sites for hydroxylation is 2. The van der Waals surface area contributed by atoms with Crippen LogP contribution in [0.1, 0.15) is 56.0 Å². The zero-order valence-corrected chi connectivity index (χ0v) is 14.6. The molecule has 2 heterocycles. The number of carbonyl (C=O) groups is 2. The lowest BCUT2D eigenvalue weighted by atomic mass is 9.84. The Labute approximate surface area is 142 Å². The molecule has 132 valence electrons. The predicted molar refractivity (Wildman–Crippen MR) is 87.5 cm³/mol. The van der Waals surface area contributed by atoms with E-state index in [-0.39, 0.29) is 17.9 Å². The molecule has 1 N–H and O–H groups in total. The topological polar surface area (TPSA) is 83.6 Å². The number of amides is 1. The molecule has 2 aliphatic rings. The van der Waals surface area contributed by atoms with Crippen LogP contribution < -0.4 is 0 Å². The lowest BCUT2D eigenvalue weighted by Gasteiger charge is -2.34. The summed E-state index contributed by atoms with van der Waals surface area (Å²) >= 11 is 0. The fourth-order valence-electron chi connectivity index (χ4n) is 4.44. The minimum atomic E-state index is -0.873. The third-order valence-corrected chi connectivity index (χ3v) is 5.74. The summed E-state index contributed by atoms with van der Waals surface area (Å²) in [6.45, 7) is 5.60. The molecule has 6 heteroatoms. The van der Waals surface area contributed by atoms with Crippen molar-refractivity contribution < 1.29 is 19.2 Å². The minimum Gasteiger partial charge on any atom is -0.480 e. The van der Waals surface area contributed by atoms with Gasteiger partial charge in [0.15, 0.2) is 0 Å². The van der Waals surface area contributed by atoms with Gasteiger partial charge < -0.3 is 14.5 Å². The van der Waals surface area contributed by atoms with Crippen LogP contribution in [0.4, 0.5) is 0 Å². The molecule has 4 atom stereocenters. The predicted octanol–water partition coefficient (Wildman–Crippen LogP) is 2.71. The highest BCUT2D eigenvalue weighted by Gasteiger charge is 2.48. The molecule has 0 spiro atoms. The lowest BCUT2D eigenvalue weighted by molar-refractivity contribution is -0.151. The number of aromatic nitrogens is 1. The highest BCUT2D eigenvalue weighted by Crippen LogP contribution is 2.40. The maximum Gasteiger partial charge on any atom is 0.326 e. The van der Waals surface area contributed by atoms with Crippen LogP contribution in [0.3, 0.4) is 0 Å². The van der Waals surface area contributed by atoms with E-state index >= 15 is 0 Å². The summed E-state index contributed by atoms with van der Waals surface area (Å²) < 4.78 is 5.18. The van der Waals surface area contributed by atoms with E-state index in [4.69, 9.17) is 4.52 Å². The molecule has 0 radical (unpaired) electrons. The first kappa shape index (κ1) is 17.0. The van der Waals surface area contributed by atoms with Crippen LogP contribution in [-0.2, 0) is 16.0 Å². The van der Waals surface area contributed by atoms with Crippen LogP contribution in [0.5, 0.6) is 0 Å². The fraction of sp³-hybridized carbons (Fsp3) is 0.722. The molecular formula is C18H26N2O4. The number of carboxylic acid groups (broad SMARTS) is 1. The zero-order chi connectivity index (χ0) is 17.4. The quantitative estimate of drug-likeness (QED) is 0.915. The third kappa shape index (κ3) is 2.94. The molecule has 6 nitrogen and oxygen atoms in total. The summed E-state index contributed by atoms with van der Waals surface area (Å²) in [5, 5.41) is 13.5. The Morgan fingerprint density at radius 3 is 2.67 bits per heavy atom. The average molecular weight is 334 g/mol. The molecule has 0 unspecified atom stereocenters. The number of likely N-dealkylation sites (tertiary alicyclic amines) is 1. The number of carboxylic acids is 1. The van der Waals surface area contributed by atoms with Crippen molar-refractivity contribution in [2.45, 2.75) is 71.4 Å². The smallest absolute Gasteiger partial charge is 0.326 e. The first-order valence-electron chi connectivity index (χ1n) is 8.86. The Kier molecular flexibility index (Phi) is 4.65. The van der Waals surface area contributed by atoms with Crippen LogP contribution in [-0.4, -0.2) is 39.1 Å². The van der Waals surface area contributed by atoms with Gasteiger partial charge in [-0.25, -0.2) is 4.79 Å². The Morgan fingerprint density at radius 1 is 1.33 bits per heavy atom. The Balaban J connectivity index is 1.79. The summed E-state index contributed by atoms with van der Waals surface area (Å²) in [4.78, 5) is 26.5. The molecular weight excluding hydrogens is 308 g/mol. The van der Waals surface area contributed by atoms with Gasteiger partial charge in [-0.05, 0) is 45.4 Å². The van der Waals surface area contributed by atoms with Gasteiger partial charge in [-0.15, -0.1) is 0 Å². The fourth-order valence-corrected chi connectivity index (χ4v) is 4.44. The number of carbonyl (C=O) groups excluding carboxylic acids is 1. The molecule has 1 aromatic heterocycles. The number of nitrogens with zero attached hydrogens (tertiary/aromatic N) is 2. The SMILES string of the molecule is Cc1noc(C)c1C[C@H](C)C(=O)N1[C@@H]2CCCC[C@H]2C[C@H]1C(=O)O. The standard InChI is InChI=1S/C18H26N2O4/c1-10(8-14-11(2)19-24-12(14)3)17(21)20-15-7-5-4-6-13(15)9-16(20)18(22)23/h10,13,15-16H,4-9H2,1-3H3,(H,22,23)/t10-,13-,15+,16-/m0/s1. The van der Waals surface area contributed by atoms with E-state index in [0.717, 1.165) is 42.7 Å². The summed E-state index contributed by atoms with van der Waals surface area (Å²) in [5.74, 6) is -0.114. The molecule has 1 aliphatic heterocycles. The molecule has 0 aromatic carbocycles. The molecule has 2 fully saturated rings. The maximum atomic E-state index is 13.1. The maximum absolute atomic E-state index is 13.1. The van der Waals surface area contributed by atoms with Gasteiger partial charge in [0.1, 0.15) is 11.8 Å². The summed E-state index contributed by atoms with van der Waals surface area (Å²) in [7, 11) is 0. The largest absolute Gasteiger partial charge is 0.480 e. The van der Waals surface area contributed by atoms with E-state index in [9.17, 15) is 14.7 Å². The summed E-state index contributed by atoms with van der Waals surface area (Å²) in [5.41, 5.74) is 1.76. The van der Waals surface area contributed by atoms with Gasteiger partial charge in [0.25, 0.3) is 0 Å². The van der Waals surface area contributed by atoms with E-state index in [1.807, 2.05) is 20.8 Å². The average Bonchev–Trinajstić information content (AvgIpc) is 3.09.